The molecule has 1 saturated carbocycles. The normalized spacial score (nSPS) is 18.4. The number of anilines is 3. The summed E-state index contributed by atoms with van der Waals surface area (Å²) in [5, 5.41) is 6.85. The minimum absolute atomic E-state index is 0.0724. The zero-order valence-electron chi connectivity index (χ0n) is 17.8. The zero-order chi connectivity index (χ0) is 21.8. The predicted molar refractivity (Wildman–Crippen MR) is 127 cm³/mol. The van der Waals surface area contributed by atoms with Gasteiger partial charge >= 0.3 is 0 Å². The van der Waals surface area contributed by atoms with Crippen LogP contribution in [0.2, 0.25) is 0 Å². The lowest BCUT2D eigenvalue weighted by molar-refractivity contribution is 0.100. The Hall–Kier alpha value is -3.38. The minimum Gasteiger partial charge on any atom is -0.365 e. The van der Waals surface area contributed by atoms with Gasteiger partial charge in [0.25, 0.3) is 5.91 Å². The summed E-state index contributed by atoms with van der Waals surface area (Å²) in [5.41, 5.74) is 16.2. The van der Waals surface area contributed by atoms with Gasteiger partial charge in [-0.05, 0) is 49.1 Å². The molecule has 0 saturated heterocycles. The van der Waals surface area contributed by atoms with Gasteiger partial charge in [-0.3, -0.25) is 4.79 Å². The molecule has 0 spiro atoms. The Morgan fingerprint density at radius 3 is 2.48 bits per heavy atom. The van der Waals surface area contributed by atoms with Crippen molar-refractivity contribution in [2.24, 2.45) is 11.5 Å². The molecular formula is C25H29N5O. The zero-order valence-corrected chi connectivity index (χ0v) is 17.8. The van der Waals surface area contributed by atoms with E-state index in [9.17, 15) is 4.79 Å². The van der Waals surface area contributed by atoms with Gasteiger partial charge in [-0.2, -0.15) is 0 Å². The van der Waals surface area contributed by atoms with E-state index in [2.05, 4.69) is 10.6 Å². The van der Waals surface area contributed by atoms with Crippen LogP contribution in [0.5, 0.6) is 0 Å². The van der Waals surface area contributed by atoms with Crippen molar-refractivity contribution < 1.29 is 4.79 Å². The second-order valence-corrected chi connectivity index (χ2v) is 8.20. The van der Waals surface area contributed by atoms with Gasteiger partial charge in [-0.1, -0.05) is 55.3 Å². The molecule has 2 aromatic carbocycles. The number of carbonyl (C=O) groups is 1. The van der Waals surface area contributed by atoms with E-state index in [0.29, 0.717) is 17.2 Å². The van der Waals surface area contributed by atoms with Crippen LogP contribution in [0.1, 0.15) is 41.6 Å². The molecule has 1 aromatic heterocycles. The highest BCUT2D eigenvalue weighted by molar-refractivity contribution is 6.00. The van der Waals surface area contributed by atoms with E-state index in [1.165, 1.54) is 0 Å². The van der Waals surface area contributed by atoms with Crippen molar-refractivity contribution >= 4 is 23.2 Å². The van der Waals surface area contributed by atoms with Crippen LogP contribution in [0.4, 0.5) is 17.3 Å². The number of benzene rings is 2. The molecule has 160 valence electrons. The predicted octanol–water partition coefficient (Wildman–Crippen LogP) is 4.58. The highest BCUT2D eigenvalue weighted by Crippen LogP contribution is 2.33. The van der Waals surface area contributed by atoms with Crippen LogP contribution in [0.25, 0.3) is 11.1 Å². The van der Waals surface area contributed by atoms with Crippen molar-refractivity contribution in [2.45, 2.75) is 44.7 Å². The van der Waals surface area contributed by atoms with Crippen molar-refractivity contribution in [2.75, 3.05) is 10.6 Å². The summed E-state index contributed by atoms with van der Waals surface area (Å²) in [6, 6.07) is 19.8. The number of aryl methyl sites for hydroxylation is 1. The summed E-state index contributed by atoms with van der Waals surface area (Å²) in [7, 11) is 0. The van der Waals surface area contributed by atoms with E-state index in [0.717, 1.165) is 48.1 Å². The van der Waals surface area contributed by atoms with Crippen molar-refractivity contribution in [3.05, 3.63) is 71.8 Å². The Kier molecular flexibility index (Phi) is 6.18. The lowest BCUT2D eigenvalue weighted by atomic mass is 9.90. The lowest BCUT2D eigenvalue weighted by Crippen LogP contribution is -2.42. The Bertz CT molecular complexity index is 1070. The molecular weight excluding hydrogens is 386 g/mol. The molecule has 2 atom stereocenters. The van der Waals surface area contributed by atoms with Gasteiger partial charge in [-0.15, -0.1) is 0 Å². The van der Waals surface area contributed by atoms with Crippen LogP contribution in [0.3, 0.4) is 0 Å². The van der Waals surface area contributed by atoms with Gasteiger partial charge in [0.1, 0.15) is 11.6 Å². The third-order valence-corrected chi connectivity index (χ3v) is 5.80. The molecule has 1 heterocycles. The van der Waals surface area contributed by atoms with E-state index >= 15 is 0 Å². The number of rotatable bonds is 6. The maximum Gasteiger partial charge on any atom is 0.252 e. The number of nitrogens with zero attached hydrogens (tertiary/aromatic N) is 1. The molecule has 4 rings (SSSR count). The molecule has 1 aliphatic rings. The molecule has 6 nitrogen and oxygen atoms in total. The molecule has 6 heteroatoms. The van der Waals surface area contributed by atoms with Gasteiger partial charge in [0, 0.05) is 23.3 Å². The summed E-state index contributed by atoms with van der Waals surface area (Å²) < 4.78 is 0. The SMILES string of the molecule is Cc1cccc(Nc2nc(N[C@@H]3CCCC[C@@H]3N)c(-c3ccccc3)cc2C(N)=O)c1. The fourth-order valence-corrected chi connectivity index (χ4v) is 4.12. The number of aromatic nitrogens is 1. The molecule has 1 amide bonds. The molecule has 0 radical (unpaired) electrons. The highest BCUT2D eigenvalue weighted by Gasteiger charge is 2.24. The Morgan fingerprint density at radius 1 is 1.00 bits per heavy atom. The first-order chi connectivity index (χ1) is 15.0. The molecule has 1 aliphatic carbocycles. The smallest absolute Gasteiger partial charge is 0.252 e. The first kappa shape index (κ1) is 20.9. The summed E-state index contributed by atoms with van der Waals surface area (Å²) in [4.78, 5) is 17.2. The molecule has 3 aromatic rings. The van der Waals surface area contributed by atoms with Crippen molar-refractivity contribution in [3.8, 4) is 11.1 Å². The Morgan fingerprint density at radius 2 is 1.77 bits per heavy atom. The Balaban J connectivity index is 1.80. The van der Waals surface area contributed by atoms with Crippen LogP contribution < -0.4 is 22.1 Å². The number of nitrogens with two attached hydrogens (primary N) is 2. The molecule has 0 aliphatic heterocycles. The molecule has 6 N–H and O–H groups in total. The topological polar surface area (TPSA) is 106 Å². The van der Waals surface area contributed by atoms with E-state index in [4.69, 9.17) is 16.5 Å². The van der Waals surface area contributed by atoms with E-state index in [1.807, 2.05) is 67.6 Å². The van der Waals surface area contributed by atoms with Crippen LogP contribution in [-0.2, 0) is 0 Å². The fourth-order valence-electron chi connectivity index (χ4n) is 4.12. The third-order valence-electron chi connectivity index (χ3n) is 5.80. The maximum absolute atomic E-state index is 12.3. The average molecular weight is 416 g/mol. The monoisotopic (exact) mass is 415 g/mol. The quantitative estimate of drug-likeness (QED) is 0.471. The minimum atomic E-state index is -0.527. The van der Waals surface area contributed by atoms with Crippen molar-refractivity contribution in [1.29, 1.82) is 0 Å². The van der Waals surface area contributed by atoms with Crippen LogP contribution in [0.15, 0.2) is 60.7 Å². The number of hydrogen-bond acceptors (Lipinski definition) is 5. The first-order valence-electron chi connectivity index (χ1n) is 10.8. The number of pyridine rings is 1. The van der Waals surface area contributed by atoms with Crippen molar-refractivity contribution in [3.63, 3.8) is 0 Å². The fraction of sp³-hybridized carbons (Fsp3) is 0.280. The number of hydrogen-bond donors (Lipinski definition) is 4. The van der Waals surface area contributed by atoms with Crippen LogP contribution in [-0.4, -0.2) is 23.0 Å². The highest BCUT2D eigenvalue weighted by atomic mass is 16.1. The van der Waals surface area contributed by atoms with Crippen LogP contribution in [0, 0.1) is 6.92 Å². The lowest BCUT2D eigenvalue weighted by Gasteiger charge is -2.30. The van der Waals surface area contributed by atoms with Gasteiger partial charge < -0.3 is 22.1 Å². The summed E-state index contributed by atoms with van der Waals surface area (Å²) in [5.74, 6) is 0.610. The van der Waals surface area contributed by atoms with E-state index < -0.39 is 5.91 Å². The summed E-state index contributed by atoms with van der Waals surface area (Å²) in [6.45, 7) is 2.02. The second-order valence-electron chi connectivity index (χ2n) is 8.20. The largest absolute Gasteiger partial charge is 0.365 e. The van der Waals surface area contributed by atoms with Gasteiger partial charge in [0.05, 0.1) is 5.56 Å². The third kappa shape index (κ3) is 4.86. The number of nitrogens with one attached hydrogen (secondary N) is 2. The van der Waals surface area contributed by atoms with Gasteiger partial charge in [0.2, 0.25) is 0 Å². The van der Waals surface area contributed by atoms with E-state index in [-0.39, 0.29) is 12.1 Å². The van der Waals surface area contributed by atoms with E-state index in [1.54, 1.807) is 0 Å². The van der Waals surface area contributed by atoms with Gasteiger partial charge in [0.15, 0.2) is 0 Å². The number of amides is 1. The average Bonchev–Trinajstić information content (AvgIpc) is 2.76. The standard InChI is InChI=1S/C25H29N5O/c1-16-8-7-11-18(14-16)28-25-20(23(27)31)15-19(17-9-3-2-4-10-17)24(30-25)29-22-13-6-5-12-21(22)26/h2-4,7-11,14-15,21-22H,5-6,12-13,26H2,1H3,(H2,27,31)(H2,28,29,30)/t21-,22+/m0/s1. The second kappa shape index (κ2) is 9.18. The molecule has 1 fully saturated rings. The molecule has 0 unspecified atom stereocenters. The maximum atomic E-state index is 12.3. The Labute approximate surface area is 183 Å². The number of carbonyl (C=O) groups excluding carboxylic acids is 1. The van der Waals surface area contributed by atoms with Crippen molar-refractivity contribution in [1.82, 2.24) is 4.98 Å². The van der Waals surface area contributed by atoms with Crippen LogP contribution >= 0.6 is 0 Å². The first-order valence-corrected chi connectivity index (χ1v) is 10.8. The summed E-state index contributed by atoms with van der Waals surface area (Å²) in [6.07, 6.45) is 4.28. The molecule has 0 bridgehead atoms. The number of primary amides is 1. The summed E-state index contributed by atoms with van der Waals surface area (Å²) >= 11 is 0. The molecule has 31 heavy (non-hydrogen) atoms. The van der Waals surface area contributed by atoms with Gasteiger partial charge in [-0.25, -0.2) is 4.98 Å².